The molecule has 0 saturated heterocycles. The molecule has 2 aromatic rings. The molecule has 0 atom stereocenters. The van der Waals surface area contributed by atoms with Crippen molar-refractivity contribution in [1.29, 1.82) is 0 Å². The molecule has 0 aliphatic carbocycles. The Labute approximate surface area is 149 Å². The molecule has 2 N–H and O–H groups in total. The summed E-state index contributed by atoms with van der Waals surface area (Å²) >= 11 is 0. The fourth-order valence-corrected chi connectivity index (χ4v) is 2.05. The van der Waals surface area contributed by atoms with Gasteiger partial charge in [0, 0.05) is 0 Å². The number of hydrogen-bond donors (Lipinski definition) is 2. The molecule has 0 aromatic heterocycles. The van der Waals surface area contributed by atoms with Gasteiger partial charge in [0.05, 0.1) is 32.5 Å². The first kappa shape index (κ1) is 18.9. The Morgan fingerprint density at radius 1 is 1.12 bits per heavy atom. The number of carbonyl (C=O) groups is 2. The second-order valence-electron chi connectivity index (χ2n) is 5.07. The van der Waals surface area contributed by atoms with E-state index in [1.165, 1.54) is 44.7 Å². The molecule has 2 amide bonds. The number of methoxy groups -OCH3 is 2. The number of hydrazone groups is 1. The Morgan fingerprint density at radius 3 is 2.54 bits per heavy atom. The molecule has 0 heterocycles. The SMILES string of the molecule is COc1ccc(C=NNC(=O)CNC(=O)c2ccccc2F)cc1OC. The highest BCUT2D eigenvalue weighted by Crippen LogP contribution is 2.26. The van der Waals surface area contributed by atoms with Gasteiger partial charge in [0.1, 0.15) is 5.82 Å². The Bertz CT molecular complexity index is 824. The molecule has 0 radical (unpaired) electrons. The largest absolute Gasteiger partial charge is 0.493 e. The number of hydrogen-bond acceptors (Lipinski definition) is 5. The Morgan fingerprint density at radius 2 is 1.85 bits per heavy atom. The van der Waals surface area contributed by atoms with Crippen molar-refractivity contribution in [3.63, 3.8) is 0 Å². The normalized spacial score (nSPS) is 10.4. The Hall–Kier alpha value is -3.42. The van der Waals surface area contributed by atoms with Crippen LogP contribution in [0, 0.1) is 5.82 Å². The summed E-state index contributed by atoms with van der Waals surface area (Å²) in [5, 5.41) is 6.11. The maximum atomic E-state index is 13.5. The molecule has 7 nitrogen and oxygen atoms in total. The first-order valence-corrected chi connectivity index (χ1v) is 7.61. The predicted octanol–water partition coefficient (Wildman–Crippen LogP) is 1.72. The van der Waals surface area contributed by atoms with Crippen LogP contribution in [0.15, 0.2) is 47.6 Å². The highest BCUT2D eigenvalue weighted by molar-refractivity contribution is 5.96. The zero-order valence-electron chi connectivity index (χ0n) is 14.3. The Kier molecular flexibility index (Phi) is 6.67. The van der Waals surface area contributed by atoms with Crippen molar-refractivity contribution in [3.05, 3.63) is 59.4 Å². The number of rotatable bonds is 7. The van der Waals surface area contributed by atoms with E-state index in [9.17, 15) is 14.0 Å². The minimum atomic E-state index is -0.679. The molecular weight excluding hydrogens is 341 g/mol. The third kappa shape index (κ3) is 5.04. The first-order chi connectivity index (χ1) is 12.5. The minimum Gasteiger partial charge on any atom is -0.493 e. The molecule has 0 unspecified atom stereocenters. The van der Waals surface area contributed by atoms with Crippen LogP contribution in [-0.2, 0) is 4.79 Å². The van der Waals surface area contributed by atoms with Crippen molar-refractivity contribution in [3.8, 4) is 11.5 Å². The Balaban J connectivity index is 1.86. The van der Waals surface area contributed by atoms with E-state index in [1.54, 1.807) is 18.2 Å². The lowest BCUT2D eigenvalue weighted by atomic mass is 10.2. The summed E-state index contributed by atoms with van der Waals surface area (Å²) in [7, 11) is 3.04. The van der Waals surface area contributed by atoms with Gasteiger partial charge in [0.15, 0.2) is 11.5 Å². The molecule has 2 aromatic carbocycles. The van der Waals surface area contributed by atoms with Crippen LogP contribution >= 0.6 is 0 Å². The number of ether oxygens (including phenoxy) is 2. The summed E-state index contributed by atoms with van der Waals surface area (Å²) in [5.41, 5.74) is 2.82. The molecule has 26 heavy (non-hydrogen) atoms. The van der Waals surface area contributed by atoms with Gasteiger partial charge in [-0.3, -0.25) is 9.59 Å². The van der Waals surface area contributed by atoms with Crippen LogP contribution in [0.1, 0.15) is 15.9 Å². The second kappa shape index (κ2) is 9.16. The van der Waals surface area contributed by atoms with Gasteiger partial charge in [-0.15, -0.1) is 0 Å². The third-order valence-corrected chi connectivity index (χ3v) is 3.34. The topological polar surface area (TPSA) is 89.0 Å². The highest BCUT2D eigenvalue weighted by Gasteiger charge is 2.11. The van der Waals surface area contributed by atoms with Crippen LogP contribution in [0.5, 0.6) is 11.5 Å². The average molecular weight is 359 g/mol. The highest BCUT2D eigenvalue weighted by atomic mass is 19.1. The number of amides is 2. The average Bonchev–Trinajstić information content (AvgIpc) is 2.66. The fraction of sp³-hybridized carbons (Fsp3) is 0.167. The molecule has 8 heteroatoms. The zero-order valence-corrected chi connectivity index (χ0v) is 14.3. The number of halogens is 1. The lowest BCUT2D eigenvalue weighted by Gasteiger charge is -2.07. The summed E-state index contributed by atoms with van der Waals surface area (Å²) in [6.45, 7) is -0.337. The smallest absolute Gasteiger partial charge is 0.259 e. The lowest BCUT2D eigenvalue weighted by Crippen LogP contribution is -2.35. The van der Waals surface area contributed by atoms with Crippen molar-refractivity contribution in [1.82, 2.24) is 10.7 Å². The summed E-state index contributed by atoms with van der Waals surface area (Å²) in [6, 6.07) is 10.6. The van der Waals surface area contributed by atoms with Gasteiger partial charge < -0.3 is 14.8 Å². The summed E-state index contributed by atoms with van der Waals surface area (Å²) in [6.07, 6.45) is 1.42. The molecule has 0 aliphatic heterocycles. The van der Waals surface area contributed by atoms with Crippen LogP contribution in [0.4, 0.5) is 4.39 Å². The van der Waals surface area contributed by atoms with E-state index < -0.39 is 17.6 Å². The summed E-state index contributed by atoms with van der Waals surface area (Å²) < 4.78 is 23.8. The van der Waals surface area contributed by atoms with E-state index in [-0.39, 0.29) is 12.1 Å². The molecule has 0 fully saturated rings. The van der Waals surface area contributed by atoms with Gasteiger partial charge in [-0.05, 0) is 35.9 Å². The van der Waals surface area contributed by atoms with Crippen LogP contribution < -0.4 is 20.2 Å². The monoisotopic (exact) mass is 359 g/mol. The number of carbonyl (C=O) groups excluding carboxylic acids is 2. The lowest BCUT2D eigenvalue weighted by molar-refractivity contribution is -0.120. The van der Waals surface area contributed by atoms with Crippen LogP contribution in [-0.4, -0.2) is 38.8 Å². The molecular formula is C18H18FN3O4. The maximum absolute atomic E-state index is 13.5. The number of nitrogens with zero attached hydrogens (tertiary/aromatic N) is 1. The maximum Gasteiger partial charge on any atom is 0.259 e. The van der Waals surface area contributed by atoms with Gasteiger partial charge in [0.25, 0.3) is 11.8 Å². The third-order valence-electron chi connectivity index (χ3n) is 3.34. The van der Waals surface area contributed by atoms with Gasteiger partial charge in [-0.25, -0.2) is 9.82 Å². The molecule has 0 spiro atoms. The van der Waals surface area contributed by atoms with Crippen LogP contribution in [0.2, 0.25) is 0 Å². The van der Waals surface area contributed by atoms with Gasteiger partial charge in [-0.2, -0.15) is 5.10 Å². The number of benzene rings is 2. The molecule has 0 aliphatic rings. The van der Waals surface area contributed by atoms with E-state index in [1.807, 2.05) is 0 Å². The van der Waals surface area contributed by atoms with Crippen LogP contribution in [0.3, 0.4) is 0 Å². The van der Waals surface area contributed by atoms with Crippen molar-refractivity contribution in [2.24, 2.45) is 5.10 Å². The zero-order chi connectivity index (χ0) is 18.9. The first-order valence-electron chi connectivity index (χ1n) is 7.61. The van der Waals surface area contributed by atoms with Gasteiger partial charge >= 0.3 is 0 Å². The minimum absolute atomic E-state index is 0.130. The van der Waals surface area contributed by atoms with Crippen molar-refractivity contribution < 1.29 is 23.5 Å². The molecule has 0 saturated carbocycles. The molecule has 2 rings (SSSR count). The molecule has 136 valence electrons. The van der Waals surface area contributed by atoms with E-state index in [2.05, 4.69) is 15.8 Å². The second-order valence-corrected chi connectivity index (χ2v) is 5.07. The van der Waals surface area contributed by atoms with Gasteiger partial charge in [-0.1, -0.05) is 12.1 Å². The van der Waals surface area contributed by atoms with Crippen molar-refractivity contribution >= 4 is 18.0 Å². The van der Waals surface area contributed by atoms with Crippen molar-refractivity contribution in [2.75, 3.05) is 20.8 Å². The fourth-order valence-electron chi connectivity index (χ4n) is 2.05. The standard InChI is InChI=1S/C18H18FN3O4/c1-25-15-8-7-12(9-16(15)26-2)10-21-22-17(23)11-20-18(24)13-5-3-4-6-14(13)19/h3-10H,11H2,1-2H3,(H,20,24)(H,22,23). The quantitative estimate of drug-likeness (QED) is 0.582. The summed E-state index contributed by atoms with van der Waals surface area (Å²) in [4.78, 5) is 23.5. The van der Waals surface area contributed by atoms with E-state index in [0.29, 0.717) is 17.1 Å². The van der Waals surface area contributed by atoms with Gasteiger partial charge in [0.2, 0.25) is 0 Å². The number of nitrogens with one attached hydrogen (secondary N) is 2. The molecule has 0 bridgehead atoms. The van der Waals surface area contributed by atoms with E-state index in [4.69, 9.17) is 9.47 Å². The van der Waals surface area contributed by atoms with Crippen molar-refractivity contribution in [2.45, 2.75) is 0 Å². The van der Waals surface area contributed by atoms with E-state index >= 15 is 0 Å². The summed E-state index contributed by atoms with van der Waals surface area (Å²) in [5.74, 6) is -0.783. The van der Waals surface area contributed by atoms with Crippen LogP contribution in [0.25, 0.3) is 0 Å². The van der Waals surface area contributed by atoms with E-state index in [0.717, 1.165) is 0 Å². The predicted molar refractivity (Wildman–Crippen MR) is 94.0 cm³/mol.